The van der Waals surface area contributed by atoms with Crippen molar-refractivity contribution in [3.8, 4) is 34.3 Å². The number of benzene rings is 2. The molecule has 7 heteroatoms. The fraction of sp³-hybridized carbons (Fsp3) is 0.200. The van der Waals surface area contributed by atoms with E-state index in [1.807, 2.05) is 12.1 Å². The van der Waals surface area contributed by atoms with E-state index in [0.29, 0.717) is 58.0 Å². The summed E-state index contributed by atoms with van der Waals surface area (Å²) in [4.78, 5) is 25.4. The summed E-state index contributed by atoms with van der Waals surface area (Å²) in [7, 11) is 0. The SMILES string of the molecule is O=Cc1c2n(c(=O)c3c4c(ccc13)OCO4)CCc1cc3c(cc1-2)OCO3. The molecule has 0 amide bonds. The molecule has 0 aliphatic carbocycles. The number of fused-ring (bicyclic) bond motifs is 7. The first-order valence-corrected chi connectivity index (χ1v) is 8.63. The molecule has 0 saturated heterocycles. The number of pyridine rings is 1. The molecule has 0 spiro atoms. The summed E-state index contributed by atoms with van der Waals surface area (Å²) < 4.78 is 23.5. The van der Waals surface area contributed by atoms with Crippen LogP contribution in [0.2, 0.25) is 0 Å². The molecule has 3 aliphatic heterocycles. The average molecular weight is 363 g/mol. The maximum Gasteiger partial charge on any atom is 0.262 e. The van der Waals surface area contributed by atoms with E-state index in [2.05, 4.69) is 0 Å². The normalized spacial score (nSPS) is 15.6. The molecule has 0 bridgehead atoms. The van der Waals surface area contributed by atoms with Crippen LogP contribution in [0.1, 0.15) is 15.9 Å². The second-order valence-electron chi connectivity index (χ2n) is 6.67. The van der Waals surface area contributed by atoms with Crippen LogP contribution in [0.4, 0.5) is 0 Å². The van der Waals surface area contributed by atoms with Crippen molar-refractivity contribution in [2.75, 3.05) is 13.6 Å². The van der Waals surface area contributed by atoms with Crippen LogP contribution in [0, 0.1) is 0 Å². The van der Waals surface area contributed by atoms with Crippen LogP contribution in [0.15, 0.2) is 29.1 Å². The number of aryl methyl sites for hydroxylation is 1. The second-order valence-corrected chi connectivity index (χ2v) is 6.67. The Kier molecular flexibility index (Phi) is 2.73. The Bertz CT molecular complexity index is 1230. The molecule has 1 aromatic heterocycles. The molecule has 0 N–H and O–H groups in total. The summed E-state index contributed by atoms with van der Waals surface area (Å²) in [5, 5.41) is 0.955. The number of carbonyl (C=O) groups excluding carboxylic acids is 1. The Labute approximate surface area is 152 Å². The number of nitrogens with zero attached hydrogens (tertiary/aromatic N) is 1. The van der Waals surface area contributed by atoms with E-state index in [9.17, 15) is 9.59 Å². The number of aromatic nitrogens is 1. The number of aldehydes is 1. The standard InChI is InChI=1S/C20H13NO6/c22-7-13-11-1-2-14-19(27-9-24-14)17(11)20(23)21-4-3-10-5-15-16(26-8-25-15)6-12(10)18(13)21/h1-2,5-7H,3-4,8-9H2. The van der Waals surface area contributed by atoms with Crippen molar-refractivity contribution in [2.24, 2.45) is 0 Å². The molecule has 2 aromatic carbocycles. The lowest BCUT2D eigenvalue weighted by atomic mass is 9.91. The van der Waals surface area contributed by atoms with Gasteiger partial charge in [0, 0.05) is 23.1 Å². The molecule has 3 aromatic rings. The van der Waals surface area contributed by atoms with Gasteiger partial charge in [-0.2, -0.15) is 0 Å². The van der Waals surface area contributed by atoms with Crippen LogP contribution >= 0.6 is 0 Å². The number of rotatable bonds is 1. The van der Waals surface area contributed by atoms with Gasteiger partial charge in [-0.25, -0.2) is 0 Å². The third kappa shape index (κ3) is 1.80. The van der Waals surface area contributed by atoms with Crippen molar-refractivity contribution < 1.29 is 23.7 Å². The zero-order valence-electron chi connectivity index (χ0n) is 14.1. The van der Waals surface area contributed by atoms with Crippen molar-refractivity contribution >= 4 is 17.1 Å². The molecule has 27 heavy (non-hydrogen) atoms. The Morgan fingerprint density at radius 3 is 2.59 bits per heavy atom. The van der Waals surface area contributed by atoms with Gasteiger partial charge >= 0.3 is 0 Å². The molecule has 6 rings (SSSR count). The van der Waals surface area contributed by atoms with Gasteiger partial charge in [0.05, 0.1) is 11.1 Å². The second kappa shape index (κ2) is 5.03. The van der Waals surface area contributed by atoms with Gasteiger partial charge < -0.3 is 23.5 Å². The van der Waals surface area contributed by atoms with Gasteiger partial charge in [-0.1, -0.05) is 0 Å². The number of carbonyl (C=O) groups is 1. The van der Waals surface area contributed by atoms with Crippen molar-refractivity contribution in [3.63, 3.8) is 0 Å². The summed E-state index contributed by atoms with van der Waals surface area (Å²) in [6.07, 6.45) is 1.46. The Balaban J connectivity index is 1.75. The topological polar surface area (TPSA) is 76.0 Å². The van der Waals surface area contributed by atoms with Crippen molar-refractivity contribution in [2.45, 2.75) is 13.0 Å². The van der Waals surface area contributed by atoms with E-state index in [1.165, 1.54) is 0 Å². The van der Waals surface area contributed by atoms with E-state index in [0.717, 1.165) is 17.4 Å². The minimum Gasteiger partial charge on any atom is -0.454 e. The van der Waals surface area contributed by atoms with Gasteiger partial charge in [0.25, 0.3) is 5.56 Å². The molecule has 0 atom stereocenters. The zero-order chi connectivity index (χ0) is 18.1. The summed E-state index contributed by atoms with van der Waals surface area (Å²) in [5.74, 6) is 2.25. The quantitative estimate of drug-likeness (QED) is 0.619. The Hall–Kier alpha value is -3.48. The highest BCUT2D eigenvalue weighted by molar-refractivity contribution is 6.06. The molecular formula is C20H13NO6. The minimum absolute atomic E-state index is 0.0678. The molecule has 134 valence electrons. The number of hydrogen-bond acceptors (Lipinski definition) is 6. The van der Waals surface area contributed by atoms with Crippen LogP contribution < -0.4 is 24.5 Å². The van der Waals surface area contributed by atoms with E-state index in [1.54, 1.807) is 16.7 Å². The maximum absolute atomic E-state index is 13.3. The highest BCUT2D eigenvalue weighted by atomic mass is 16.7. The van der Waals surface area contributed by atoms with Gasteiger partial charge in [-0.15, -0.1) is 0 Å². The van der Waals surface area contributed by atoms with Crippen LogP contribution in [0.3, 0.4) is 0 Å². The third-order valence-electron chi connectivity index (χ3n) is 5.39. The molecule has 4 heterocycles. The highest BCUT2D eigenvalue weighted by Crippen LogP contribution is 2.44. The largest absolute Gasteiger partial charge is 0.454 e. The monoisotopic (exact) mass is 363 g/mol. The van der Waals surface area contributed by atoms with Gasteiger partial charge in [0.1, 0.15) is 0 Å². The van der Waals surface area contributed by atoms with Crippen molar-refractivity contribution in [3.05, 3.63) is 45.7 Å². The van der Waals surface area contributed by atoms with Gasteiger partial charge in [-0.3, -0.25) is 9.59 Å². The molecule has 0 saturated carbocycles. The maximum atomic E-state index is 13.3. The lowest BCUT2D eigenvalue weighted by molar-refractivity contribution is 0.112. The highest BCUT2D eigenvalue weighted by Gasteiger charge is 2.29. The minimum atomic E-state index is -0.184. The first-order valence-electron chi connectivity index (χ1n) is 8.63. The average Bonchev–Trinajstić information content (AvgIpc) is 3.34. The fourth-order valence-corrected chi connectivity index (χ4v) is 4.19. The summed E-state index contributed by atoms with van der Waals surface area (Å²) in [6, 6.07) is 7.27. The van der Waals surface area contributed by atoms with Crippen molar-refractivity contribution in [1.82, 2.24) is 4.57 Å². The van der Waals surface area contributed by atoms with Gasteiger partial charge in [0.2, 0.25) is 13.6 Å². The molecule has 0 fully saturated rings. The number of hydrogen-bond donors (Lipinski definition) is 0. The molecular weight excluding hydrogens is 350 g/mol. The summed E-state index contributed by atoms with van der Waals surface area (Å²) in [5.41, 5.74) is 2.74. The molecule has 0 radical (unpaired) electrons. The molecule has 7 nitrogen and oxygen atoms in total. The zero-order valence-corrected chi connectivity index (χ0v) is 14.1. The first kappa shape index (κ1) is 14.7. The molecule has 3 aliphatic rings. The van der Waals surface area contributed by atoms with E-state index < -0.39 is 0 Å². The fourth-order valence-electron chi connectivity index (χ4n) is 4.19. The Morgan fingerprint density at radius 1 is 0.963 bits per heavy atom. The first-order chi connectivity index (χ1) is 13.3. The van der Waals surface area contributed by atoms with Crippen LogP contribution in [0.5, 0.6) is 23.0 Å². The van der Waals surface area contributed by atoms with E-state index in [-0.39, 0.29) is 19.1 Å². The van der Waals surface area contributed by atoms with E-state index >= 15 is 0 Å². The summed E-state index contributed by atoms with van der Waals surface area (Å²) in [6.45, 7) is 0.716. The van der Waals surface area contributed by atoms with Crippen LogP contribution in [-0.2, 0) is 13.0 Å². The predicted molar refractivity (Wildman–Crippen MR) is 95.0 cm³/mol. The van der Waals surface area contributed by atoms with E-state index in [4.69, 9.17) is 18.9 Å². The lowest BCUT2D eigenvalue weighted by Gasteiger charge is -2.24. The van der Waals surface area contributed by atoms with Crippen LogP contribution in [0.25, 0.3) is 22.0 Å². The van der Waals surface area contributed by atoms with Crippen molar-refractivity contribution in [1.29, 1.82) is 0 Å². The summed E-state index contributed by atoms with van der Waals surface area (Å²) >= 11 is 0. The lowest BCUT2D eigenvalue weighted by Crippen LogP contribution is -2.28. The molecule has 0 unspecified atom stereocenters. The smallest absolute Gasteiger partial charge is 0.262 e. The van der Waals surface area contributed by atoms with Gasteiger partial charge in [-0.05, 0) is 36.2 Å². The van der Waals surface area contributed by atoms with Crippen LogP contribution in [-0.4, -0.2) is 24.4 Å². The third-order valence-corrected chi connectivity index (χ3v) is 5.39. The Morgan fingerprint density at radius 2 is 1.74 bits per heavy atom. The predicted octanol–water partition coefficient (Wildman–Crippen LogP) is 2.49. The number of ether oxygens (including phenoxy) is 4. The van der Waals surface area contributed by atoms with Gasteiger partial charge in [0.15, 0.2) is 29.3 Å².